The fraction of sp³-hybridized carbons (Fsp3) is 0.182. The molecule has 0 atom stereocenters. The average Bonchev–Trinajstić information content (AvgIpc) is 2.37. The van der Waals surface area contributed by atoms with Crippen molar-refractivity contribution in [2.45, 2.75) is 0 Å². The highest BCUT2D eigenvalue weighted by Gasteiger charge is 2.11. The van der Waals surface area contributed by atoms with Gasteiger partial charge in [0.1, 0.15) is 0 Å². The summed E-state index contributed by atoms with van der Waals surface area (Å²) in [7, 11) is 2.90. The van der Waals surface area contributed by atoms with E-state index in [4.69, 9.17) is 7.58 Å². The Morgan fingerprint density at radius 1 is 1.38 bits per heavy atom. The van der Waals surface area contributed by atoms with Gasteiger partial charge in [0.2, 0.25) is 0 Å². The summed E-state index contributed by atoms with van der Waals surface area (Å²) >= 11 is 0. The minimum absolute atomic E-state index is 0.185. The molecule has 0 spiro atoms. The van der Waals surface area contributed by atoms with Gasteiger partial charge in [-0.15, -0.1) is 0 Å². The van der Waals surface area contributed by atoms with Crippen molar-refractivity contribution in [1.29, 1.82) is 0 Å². The van der Waals surface area contributed by atoms with E-state index in [0.717, 1.165) is 5.06 Å². The van der Waals surface area contributed by atoms with E-state index >= 15 is 0 Å². The Kier molecular flexibility index (Phi) is 2.17. The van der Waals surface area contributed by atoms with Crippen LogP contribution in [0.15, 0.2) is 30.5 Å². The van der Waals surface area contributed by atoms with Crippen molar-refractivity contribution >= 4 is 16.9 Å². The second-order valence-corrected chi connectivity index (χ2v) is 3.14. The molecule has 1 aromatic carbocycles. The lowest BCUT2D eigenvalue weighted by atomic mass is 10.2. The molecule has 0 aliphatic rings. The van der Waals surface area contributed by atoms with E-state index < -0.39 is 0 Å². The Morgan fingerprint density at radius 2 is 2.06 bits per heavy atom. The number of aromatic nitrogens is 2. The molecule has 1 aromatic heterocycles. The van der Waals surface area contributed by atoms with Crippen LogP contribution in [0.2, 0.25) is 0 Å². The highest BCUT2D eigenvalue weighted by atomic mass is 16.7. The third kappa shape index (κ3) is 1.85. The number of carbonyl (C=O) groups excluding carboxylic acids is 1. The number of amides is 1. The number of fused-ring (bicyclic) bond motifs is 1. The summed E-state index contributed by atoms with van der Waals surface area (Å²) in [5.74, 6) is -0.317. The van der Waals surface area contributed by atoms with Crippen LogP contribution in [0.1, 0.15) is 13.1 Å². The first-order chi connectivity index (χ1) is 8.52. The van der Waals surface area contributed by atoms with Crippen molar-refractivity contribution in [3.05, 3.63) is 36.1 Å². The molecule has 0 fully saturated rings. The predicted octanol–water partition coefficient (Wildman–Crippen LogP) is 1.26. The molecule has 0 bridgehead atoms. The Labute approximate surface area is 95.4 Å². The molecule has 0 unspecified atom stereocenters. The highest BCUT2D eigenvalue weighted by Crippen LogP contribution is 2.12. The van der Waals surface area contributed by atoms with Crippen molar-refractivity contribution in [3.8, 4) is 0 Å². The smallest absolute Gasteiger partial charge is 0.274 e. The molecule has 5 heteroatoms. The fourth-order valence-corrected chi connectivity index (χ4v) is 1.28. The second-order valence-electron chi connectivity index (χ2n) is 3.14. The lowest BCUT2D eigenvalue weighted by Gasteiger charge is -2.13. The van der Waals surface area contributed by atoms with Gasteiger partial charge < -0.3 is 0 Å². The zero-order chi connectivity index (χ0) is 13.3. The maximum absolute atomic E-state index is 11.8. The quantitative estimate of drug-likeness (QED) is 0.713. The Bertz CT molecular complexity index is 619. The summed E-state index contributed by atoms with van der Waals surface area (Å²) < 4.78 is 14.8. The maximum Gasteiger partial charge on any atom is 0.277 e. The number of nitrogens with zero attached hydrogens (tertiary/aromatic N) is 3. The minimum atomic E-state index is -0.317. The molecule has 0 N–H and O–H groups in total. The number of carbonyl (C=O) groups is 1. The van der Waals surface area contributed by atoms with Gasteiger partial charge in [-0.3, -0.25) is 19.6 Å². The molecule has 2 rings (SSSR count). The molecule has 0 saturated heterocycles. The second kappa shape index (κ2) is 4.24. The standard InChI is InChI=1S/C11H11N3O2/c1-14(16-2)11(15)8-3-4-9-10(7-8)13-6-5-12-9/h3-7H,1-2H3/i5D,6D. The SMILES string of the molecule is [2H]c1nc2ccc(C(=O)N(C)OC)cc2nc1[2H]. The van der Waals surface area contributed by atoms with Gasteiger partial charge in [0, 0.05) is 25.0 Å². The van der Waals surface area contributed by atoms with Crippen molar-refractivity contribution in [2.24, 2.45) is 0 Å². The first kappa shape index (κ1) is 8.18. The lowest BCUT2D eigenvalue weighted by Crippen LogP contribution is -2.25. The van der Waals surface area contributed by atoms with Gasteiger partial charge in [0.25, 0.3) is 5.91 Å². The van der Waals surface area contributed by atoms with E-state index in [1.807, 2.05) is 0 Å². The molecule has 2 aromatic rings. The largest absolute Gasteiger partial charge is 0.277 e. The average molecular weight is 219 g/mol. The molecule has 0 radical (unpaired) electrons. The van der Waals surface area contributed by atoms with Crippen LogP contribution in [0, 0.1) is 0 Å². The summed E-state index contributed by atoms with van der Waals surface area (Å²) in [5.41, 5.74) is 1.28. The maximum atomic E-state index is 11.8. The predicted molar refractivity (Wildman–Crippen MR) is 58.6 cm³/mol. The van der Waals surface area contributed by atoms with E-state index in [-0.39, 0.29) is 18.3 Å². The fourth-order valence-electron chi connectivity index (χ4n) is 1.28. The van der Waals surface area contributed by atoms with Crippen LogP contribution in [-0.4, -0.2) is 35.1 Å². The minimum Gasteiger partial charge on any atom is -0.274 e. The van der Waals surface area contributed by atoms with Gasteiger partial charge in [0.15, 0.2) is 0 Å². The Balaban J connectivity index is 2.50. The van der Waals surface area contributed by atoms with Gasteiger partial charge in [0.05, 0.1) is 20.9 Å². The van der Waals surface area contributed by atoms with E-state index in [0.29, 0.717) is 16.6 Å². The molecular formula is C11H11N3O2. The third-order valence-electron chi connectivity index (χ3n) is 2.18. The molecule has 16 heavy (non-hydrogen) atoms. The topological polar surface area (TPSA) is 55.3 Å². The number of hydrogen-bond acceptors (Lipinski definition) is 4. The lowest BCUT2D eigenvalue weighted by molar-refractivity contribution is -0.0756. The first-order valence-electron chi connectivity index (χ1n) is 5.60. The summed E-state index contributed by atoms with van der Waals surface area (Å²) in [6.07, 6.45) is -0.400. The van der Waals surface area contributed by atoms with Crippen LogP contribution in [0.5, 0.6) is 0 Å². The summed E-state index contributed by atoms with van der Waals surface area (Å²) in [6, 6.07) is 4.70. The molecule has 0 aliphatic carbocycles. The van der Waals surface area contributed by atoms with Crippen molar-refractivity contribution in [1.82, 2.24) is 15.0 Å². The first-order valence-corrected chi connectivity index (χ1v) is 4.60. The summed E-state index contributed by atoms with van der Waals surface area (Å²) in [4.78, 5) is 24.5. The van der Waals surface area contributed by atoms with Crippen molar-refractivity contribution in [3.63, 3.8) is 0 Å². The van der Waals surface area contributed by atoms with Gasteiger partial charge in [-0.1, -0.05) is 0 Å². The molecule has 1 heterocycles. The van der Waals surface area contributed by atoms with Crippen LogP contribution in [0.4, 0.5) is 0 Å². The highest BCUT2D eigenvalue weighted by molar-refractivity contribution is 5.96. The normalized spacial score (nSPS) is 12.1. The Morgan fingerprint density at radius 3 is 2.75 bits per heavy atom. The van der Waals surface area contributed by atoms with E-state index in [1.54, 1.807) is 12.1 Å². The number of benzene rings is 1. The van der Waals surface area contributed by atoms with Crippen LogP contribution < -0.4 is 0 Å². The van der Waals surface area contributed by atoms with E-state index in [2.05, 4.69) is 9.97 Å². The molecule has 82 valence electrons. The van der Waals surface area contributed by atoms with Crippen molar-refractivity contribution in [2.75, 3.05) is 14.2 Å². The van der Waals surface area contributed by atoms with E-state index in [9.17, 15) is 4.79 Å². The molecule has 0 aliphatic heterocycles. The molecule has 1 amide bonds. The van der Waals surface area contributed by atoms with Crippen molar-refractivity contribution < 1.29 is 12.4 Å². The molecule has 5 nitrogen and oxygen atoms in total. The zero-order valence-corrected chi connectivity index (χ0v) is 8.89. The van der Waals surface area contributed by atoms with Gasteiger partial charge in [-0.25, -0.2) is 5.06 Å². The number of rotatable bonds is 2. The third-order valence-corrected chi connectivity index (χ3v) is 2.18. The van der Waals surface area contributed by atoms with Crippen LogP contribution in [0.3, 0.4) is 0 Å². The Hall–Kier alpha value is -2.01. The monoisotopic (exact) mass is 219 g/mol. The zero-order valence-electron chi connectivity index (χ0n) is 10.9. The van der Waals surface area contributed by atoms with Crippen LogP contribution in [-0.2, 0) is 4.84 Å². The van der Waals surface area contributed by atoms with Gasteiger partial charge in [-0.05, 0) is 18.2 Å². The van der Waals surface area contributed by atoms with Crippen LogP contribution >= 0.6 is 0 Å². The summed E-state index contributed by atoms with van der Waals surface area (Å²) in [5, 5.41) is 1.09. The van der Waals surface area contributed by atoms with E-state index in [1.165, 1.54) is 20.2 Å². The summed E-state index contributed by atoms with van der Waals surface area (Å²) in [6.45, 7) is 0. The van der Waals surface area contributed by atoms with Gasteiger partial charge >= 0.3 is 0 Å². The van der Waals surface area contributed by atoms with Crippen LogP contribution in [0.25, 0.3) is 11.0 Å². The number of hydrogen-bond donors (Lipinski definition) is 0. The number of hydroxylamine groups is 2. The molecular weight excluding hydrogens is 206 g/mol. The van der Waals surface area contributed by atoms with Gasteiger partial charge in [-0.2, -0.15) is 0 Å². The molecule has 0 saturated carbocycles.